The SMILES string of the molecule is CCCN(C)C/C=C/C(=O)N1Cc2ncc(C(C)=O)n2C(C)C1.CCc1ccccc1Cl. The number of Topliss-reactive ketones (excluding diaryl/α,β-unsaturated/α-hetero) is 1. The molecule has 1 aromatic carbocycles. The van der Waals surface area contributed by atoms with Gasteiger partial charge in [0.2, 0.25) is 5.91 Å². The number of hydrogen-bond donors (Lipinski definition) is 0. The van der Waals surface area contributed by atoms with E-state index >= 15 is 0 Å². The second-order valence-corrected chi connectivity index (χ2v) is 8.57. The van der Waals surface area contributed by atoms with Crippen LogP contribution in [0.25, 0.3) is 0 Å². The van der Waals surface area contributed by atoms with Crippen molar-refractivity contribution in [2.24, 2.45) is 0 Å². The van der Waals surface area contributed by atoms with E-state index in [1.807, 2.05) is 48.9 Å². The number of amides is 1. The van der Waals surface area contributed by atoms with Gasteiger partial charge in [-0.15, -0.1) is 0 Å². The Morgan fingerprint density at radius 1 is 1.28 bits per heavy atom. The number of hydrogen-bond acceptors (Lipinski definition) is 4. The minimum absolute atomic E-state index is 0.000346. The lowest BCUT2D eigenvalue weighted by molar-refractivity contribution is -0.128. The van der Waals surface area contributed by atoms with Crippen LogP contribution in [0.2, 0.25) is 5.02 Å². The molecule has 0 spiro atoms. The van der Waals surface area contributed by atoms with Gasteiger partial charge in [-0.25, -0.2) is 4.98 Å². The predicted molar refractivity (Wildman–Crippen MR) is 130 cm³/mol. The van der Waals surface area contributed by atoms with Gasteiger partial charge < -0.3 is 14.4 Å². The van der Waals surface area contributed by atoms with Gasteiger partial charge in [0.15, 0.2) is 5.78 Å². The molecule has 1 aromatic heterocycles. The molecule has 0 saturated heterocycles. The number of aryl methyl sites for hydroxylation is 1. The summed E-state index contributed by atoms with van der Waals surface area (Å²) in [7, 11) is 2.04. The fourth-order valence-electron chi connectivity index (χ4n) is 3.77. The van der Waals surface area contributed by atoms with E-state index in [9.17, 15) is 9.59 Å². The van der Waals surface area contributed by atoms with Gasteiger partial charge in [-0.05, 0) is 45.0 Å². The molecule has 7 heteroatoms. The number of halogens is 1. The van der Waals surface area contributed by atoms with Crippen LogP contribution in [0.3, 0.4) is 0 Å². The molecule has 174 valence electrons. The maximum absolute atomic E-state index is 12.4. The summed E-state index contributed by atoms with van der Waals surface area (Å²) in [4.78, 5) is 32.3. The summed E-state index contributed by atoms with van der Waals surface area (Å²) < 4.78 is 1.95. The van der Waals surface area contributed by atoms with Crippen LogP contribution in [0, 0.1) is 0 Å². The lowest BCUT2D eigenvalue weighted by Crippen LogP contribution is -2.40. The van der Waals surface area contributed by atoms with Gasteiger partial charge in [-0.2, -0.15) is 0 Å². The molecule has 1 unspecified atom stereocenters. The highest BCUT2D eigenvalue weighted by atomic mass is 35.5. The minimum atomic E-state index is 0.000346. The van der Waals surface area contributed by atoms with Crippen molar-refractivity contribution in [3.8, 4) is 0 Å². The summed E-state index contributed by atoms with van der Waals surface area (Å²) in [6, 6.07) is 7.97. The average molecular weight is 459 g/mol. The van der Waals surface area contributed by atoms with Crippen LogP contribution in [0.15, 0.2) is 42.6 Å². The molecule has 0 saturated carbocycles. The highest BCUT2D eigenvalue weighted by Crippen LogP contribution is 2.23. The van der Waals surface area contributed by atoms with E-state index in [1.165, 1.54) is 5.56 Å². The standard InChI is InChI=1S/C17H26N4O2.C8H9Cl/c1-5-8-19(4)9-6-7-17(23)20-11-13(2)21-15(14(3)22)10-18-16(21)12-20;1-2-7-5-3-4-6-8(7)9/h6-7,10,13H,5,8-9,11-12H2,1-4H3;3-6H,2H2,1H3/b7-6+;. The van der Waals surface area contributed by atoms with Crippen LogP contribution in [0.4, 0.5) is 0 Å². The van der Waals surface area contributed by atoms with Gasteiger partial charge in [-0.1, -0.05) is 49.7 Å². The normalized spacial score (nSPS) is 15.5. The largest absolute Gasteiger partial charge is 0.330 e. The number of imidazole rings is 1. The highest BCUT2D eigenvalue weighted by molar-refractivity contribution is 6.31. The van der Waals surface area contributed by atoms with Gasteiger partial charge in [0.25, 0.3) is 0 Å². The van der Waals surface area contributed by atoms with Gasteiger partial charge in [0.1, 0.15) is 11.5 Å². The zero-order valence-electron chi connectivity index (χ0n) is 19.8. The van der Waals surface area contributed by atoms with Crippen LogP contribution in [-0.4, -0.2) is 57.7 Å². The summed E-state index contributed by atoms with van der Waals surface area (Å²) in [6.07, 6.45) is 7.27. The van der Waals surface area contributed by atoms with Crippen molar-refractivity contribution in [1.29, 1.82) is 0 Å². The molecule has 1 atom stereocenters. The molecular formula is C25H35ClN4O2. The zero-order chi connectivity index (χ0) is 23.7. The Bertz CT molecular complexity index is 938. The Hall–Kier alpha value is -2.44. The second-order valence-electron chi connectivity index (χ2n) is 8.16. The molecule has 2 aromatic rings. The molecular weight excluding hydrogens is 424 g/mol. The van der Waals surface area contributed by atoms with Crippen molar-refractivity contribution in [3.63, 3.8) is 0 Å². The van der Waals surface area contributed by atoms with Crippen LogP contribution >= 0.6 is 11.6 Å². The van der Waals surface area contributed by atoms with Gasteiger partial charge >= 0.3 is 0 Å². The first kappa shape index (κ1) is 25.8. The maximum atomic E-state index is 12.4. The van der Waals surface area contributed by atoms with E-state index in [2.05, 4.69) is 23.7 Å². The molecule has 0 radical (unpaired) electrons. The Balaban J connectivity index is 0.000000336. The molecule has 2 heterocycles. The first-order valence-electron chi connectivity index (χ1n) is 11.2. The topological polar surface area (TPSA) is 58.4 Å². The lowest BCUT2D eigenvalue weighted by atomic mass is 10.2. The fourth-order valence-corrected chi connectivity index (χ4v) is 4.04. The molecule has 1 amide bonds. The third-order valence-electron chi connectivity index (χ3n) is 5.43. The van der Waals surface area contributed by atoms with Crippen molar-refractivity contribution in [3.05, 3.63) is 64.7 Å². The maximum Gasteiger partial charge on any atom is 0.246 e. The van der Waals surface area contributed by atoms with E-state index in [1.54, 1.807) is 24.1 Å². The van der Waals surface area contributed by atoms with Gasteiger partial charge in [-0.3, -0.25) is 9.59 Å². The van der Waals surface area contributed by atoms with Crippen LogP contribution in [-0.2, 0) is 17.8 Å². The summed E-state index contributed by atoms with van der Waals surface area (Å²) in [6.45, 7) is 10.6. The number of ketones is 1. The van der Waals surface area contributed by atoms with Crippen molar-refractivity contribution >= 4 is 23.3 Å². The number of likely N-dealkylation sites (N-methyl/N-ethyl adjacent to an activating group) is 1. The highest BCUT2D eigenvalue weighted by Gasteiger charge is 2.28. The Labute approximate surface area is 196 Å². The number of nitrogens with zero attached hydrogens (tertiary/aromatic N) is 4. The van der Waals surface area contributed by atoms with Crippen molar-refractivity contribution < 1.29 is 9.59 Å². The quantitative estimate of drug-likeness (QED) is 0.442. The number of aromatic nitrogens is 2. The van der Waals surface area contributed by atoms with E-state index in [0.29, 0.717) is 18.8 Å². The van der Waals surface area contributed by atoms with Crippen LogP contribution in [0.5, 0.6) is 0 Å². The summed E-state index contributed by atoms with van der Waals surface area (Å²) in [5, 5.41) is 0.875. The molecule has 0 fully saturated rings. The Kier molecular flexibility index (Phi) is 10.1. The molecule has 3 rings (SSSR count). The van der Waals surface area contributed by atoms with Gasteiger partial charge in [0.05, 0.1) is 18.8 Å². The van der Waals surface area contributed by atoms with Crippen LogP contribution in [0.1, 0.15) is 62.0 Å². The Morgan fingerprint density at radius 3 is 2.59 bits per heavy atom. The Morgan fingerprint density at radius 2 is 2.00 bits per heavy atom. The number of benzene rings is 1. The number of rotatable bonds is 7. The third-order valence-corrected chi connectivity index (χ3v) is 5.79. The van der Waals surface area contributed by atoms with E-state index in [0.717, 1.165) is 36.8 Å². The molecule has 32 heavy (non-hydrogen) atoms. The molecule has 0 bridgehead atoms. The lowest BCUT2D eigenvalue weighted by Gasteiger charge is -2.32. The molecule has 6 nitrogen and oxygen atoms in total. The second kappa shape index (κ2) is 12.6. The van der Waals surface area contributed by atoms with Crippen LogP contribution < -0.4 is 0 Å². The fraction of sp³-hybridized carbons (Fsp3) is 0.480. The predicted octanol–water partition coefficient (Wildman–Crippen LogP) is 4.79. The molecule has 1 aliphatic rings. The zero-order valence-corrected chi connectivity index (χ0v) is 20.6. The van der Waals surface area contributed by atoms with Crippen molar-refractivity contribution in [2.75, 3.05) is 26.7 Å². The van der Waals surface area contributed by atoms with E-state index in [-0.39, 0.29) is 17.7 Å². The van der Waals surface area contributed by atoms with Crippen molar-refractivity contribution in [2.45, 2.75) is 53.1 Å². The van der Waals surface area contributed by atoms with Crippen molar-refractivity contribution in [1.82, 2.24) is 19.4 Å². The molecule has 1 aliphatic heterocycles. The number of carbonyl (C=O) groups excluding carboxylic acids is 2. The first-order chi connectivity index (χ1) is 15.3. The molecule has 0 N–H and O–H groups in total. The smallest absolute Gasteiger partial charge is 0.246 e. The van der Waals surface area contributed by atoms with E-state index in [4.69, 9.17) is 11.6 Å². The summed E-state index contributed by atoms with van der Waals surface area (Å²) >= 11 is 5.82. The third kappa shape index (κ3) is 7.04. The number of carbonyl (C=O) groups is 2. The monoisotopic (exact) mass is 458 g/mol. The number of fused-ring (bicyclic) bond motifs is 1. The minimum Gasteiger partial charge on any atom is -0.330 e. The van der Waals surface area contributed by atoms with E-state index < -0.39 is 0 Å². The van der Waals surface area contributed by atoms with Gasteiger partial charge in [0, 0.05) is 31.1 Å². The average Bonchev–Trinajstić information content (AvgIpc) is 3.20. The summed E-state index contributed by atoms with van der Waals surface area (Å²) in [5.74, 6) is 0.786. The molecule has 0 aliphatic carbocycles. The summed E-state index contributed by atoms with van der Waals surface area (Å²) in [5.41, 5.74) is 1.84. The first-order valence-corrected chi connectivity index (χ1v) is 11.6.